The van der Waals surface area contributed by atoms with Gasteiger partial charge in [0.05, 0.1) is 6.21 Å². The number of hydrogen-bond donors (Lipinski definition) is 3. The number of hydrogen-bond acceptors (Lipinski definition) is 8. The molecule has 2 heterocycles. The van der Waals surface area contributed by atoms with Crippen molar-refractivity contribution in [2.45, 2.75) is 20.8 Å². The maximum Gasteiger partial charge on any atom is 0.250 e. The molecule has 0 radical (unpaired) electrons. The highest BCUT2D eigenvalue weighted by atomic mass is 32.1. The second-order valence-corrected chi connectivity index (χ2v) is 5.15. The molecule has 2 aromatic heterocycles. The Labute approximate surface area is 127 Å². The fourth-order valence-electron chi connectivity index (χ4n) is 1.57. The molecular weight excluding hydrogens is 286 g/mol. The molecule has 0 saturated heterocycles. The lowest BCUT2D eigenvalue weighted by molar-refractivity contribution is 0.992. The predicted molar refractivity (Wildman–Crippen MR) is 88.4 cm³/mol. The molecule has 2 aromatic rings. The summed E-state index contributed by atoms with van der Waals surface area (Å²) < 4.78 is 0. The van der Waals surface area contributed by atoms with Crippen molar-refractivity contribution < 1.29 is 0 Å². The number of rotatable bonds is 7. The SMILES string of the molecule is CCNc1nc(NCC)nc(N/N=C/c2sccc2C)n1. The first-order valence-corrected chi connectivity index (χ1v) is 7.67. The van der Waals surface area contributed by atoms with Gasteiger partial charge in [-0.2, -0.15) is 20.1 Å². The van der Waals surface area contributed by atoms with Crippen LogP contribution >= 0.6 is 11.3 Å². The second-order valence-electron chi connectivity index (χ2n) is 4.20. The Hall–Kier alpha value is -2.22. The first-order valence-electron chi connectivity index (χ1n) is 6.80. The number of thiophene rings is 1. The van der Waals surface area contributed by atoms with E-state index >= 15 is 0 Å². The molecule has 0 aliphatic rings. The molecule has 0 aliphatic heterocycles. The van der Waals surface area contributed by atoms with Crippen LogP contribution in [0.1, 0.15) is 24.3 Å². The molecule has 0 aromatic carbocycles. The Morgan fingerprint density at radius 2 is 1.71 bits per heavy atom. The van der Waals surface area contributed by atoms with Gasteiger partial charge in [-0.1, -0.05) is 0 Å². The number of nitrogens with one attached hydrogen (secondary N) is 3. The number of aryl methyl sites for hydroxylation is 1. The molecule has 0 atom stereocenters. The van der Waals surface area contributed by atoms with E-state index in [0.29, 0.717) is 17.8 Å². The largest absolute Gasteiger partial charge is 0.354 e. The van der Waals surface area contributed by atoms with Crippen molar-refractivity contribution in [2.75, 3.05) is 29.1 Å². The van der Waals surface area contributed by atoms with E-state index < -0.39 is 0 Å². The van der Waals surface area contributed by atoms with E-state index in [2.05, 4.69) is 42.2 Å². The molecule has 21 heavy (non-hydrogen) atoms. The van der Waals surface area contributed by atoms with Crippen molar-refractivity contribution >= 4 is 35.4 Å². The summed E-state index contributed by atoms with van der Waals surface area (Å²) in [4.78, 5) is 13.9. The molecule has 8 heteroatoms. The van der Waals surface area contributed by atoms with Gasteiger partial charge in [0.2, 0.25) is 17.8 Å². The average molecular weight is 305 g/mol. The zero-order chi connectivity index (χ0) is 15.1. The van der Waals surface area contributed by atoms with Crippen molar-refractivity contribution in [1.29, 1.82) is 0 Å². The molecule has 0 fully saturated rings. The van der Waals surface area contributed by atoms with E-state index in [9.17, 15) is 0 Å². The number of anilines is 3. The summed E-state index contributed by atoms with van der Waals surface area (Å²) in [6.45, 7) is 7.51. The zero-order valence-corrected chi connectivity index (χ0v) is 13.2. The van der Waals surface area contributed by atoms with Crippen LogP contribution in [0.2, 0.25) is 0 Å². The Morgan fingerprint density at radius 3 is 2.24 bits per heavy atom. The van der Waals surface area contributed by atoms with Crippen LogP contribution in [-0.2, 0) is 0 Å². The van der Waals surface area contributed by atoms with Crippen molar-refractivity contribution in [2.24, 2.45) is 5.10 Å². The van der Waals surface area contributed by atoms with E-state index in [0.717, 1.165) is 18.0 Å². The minimum Gasteiger partial charge on any atom is -0.354 e. The predicted octanol–water partition coefficient (Wildman–Crippen LogP) is 2.55. The van der Waals surface area contributed by atoms with Crippen molar-refractivity contribution in [3.05, 3.63) is 21.9 Å². The van der Waals surface area contributed by atoms with Crippen molar-refractivity contribution in [3.8, 4) is 0 Å². The number of aromatic nitrogens is 3. The maximum absolute atomic E-state index is 4.25. The Morgan fingerprint density at radius 1 is 1.10 bits per heavy atom. The third-order valence-electron chi connectivity index (χ3n) is 2.55. The molecule has 3 N–H and O–H groups in total. The summed E-state index contributed by atoms with van der Waals surface area (Å²) in [5.41, 5.74) is 4.04. The molecule has 0 unspecified atom stereocenters. The van der Waals surface area contributed by atoms with E-state index in [1.165, 1.54) is 5.56 Å². The van der Waals surface area contributed by atoms with Crippen LogP contribution in [0.4, 0.5) is 17.8 Å². The van der Waals surface area contributed by atoms with Crippen LogP contribution in [0, 0.1) is 6.92 Å². The topological polar surface area (TPSA) is 87.1 Å². The van der Waals surface area contributed by atoms with Gasteiger partial charge in [-0.05, 0) is 37.8 Å². The average Bonchev–Trinajstić information content (AvgIpc) is 2.85. The van der Waals surface area contributed by atoms with Gasteiger partial charge < -0.3 is 10.6 Å². The van der Waals surface area contributed by atoms with E-state index in [-0.39, 0.29) is 0 Å². The second kappa shape index (κ2) is 7.53. The van der Waals surface area contributed by atoms with Gasteiger partial charge >= 0.3 is 0 Å². The third kappa shape index (κ3) is 4.38. The Bertz CT molecular complexity index is 584. The van der Waals surface area contributed by atoms with Crippen LogP contribution in [0.5, 0.6) is 0 Å². The van der Waals surface area contributed by atoms with Crippen molar-refractivity contribution in [3.63, 3.8) is 0 Å². The summed E-state index contributed by atoms with van der Waals surface area (Å²) in [5.74, 6) is 1.45. The van der Waals surface area contributed by atoms with Gasteiger partial charge in [-0.15, -0.1) is 11.3 Å². The van der Waals surface area contributed by atoms with Crippen LogP contribution in [0.3, 0.4) is 0 Å². The van der Waals surface area contributed by atoms with E-state index in [1.807, 2.05) is 26.2 Å². The van der Waals surface area contributed by atoms with Crippen LogP contribution in [0.25, 0.3) is 0 Å². The van der Waals surface area contributed by atoms with Crippen LogP contribution in [0.15, 0.2) is 16.5 Å². The van der Waals surface area contributed by atoms with Gasteiger partial charge in [0.25, 0.3) is 0 Å². The summed E-state index contributed by atoms with van der Waals surface area (Å²) >= 11 is 1.64. The minimum absolute atomic E-state index is 0.405. The van der Waals surface area contributed by atoms with Crippen LogP contribution < -0.4 is 16.1 Å². The number of hydrazone groups is 1. The van der Waals surface area contributed by atoms with Gasteiger partial charge in [0.15, 0.2) is 0 Å². The molecule has 0 spiro atoms. The zero-order valence-electron chi connectivity index (χ0n) is 12.3. The smallest absolute Gasteiger partial charge is 0.250 e. The molecular formula is C13H19N7S. The van der Waals surface area contributed by atoms with E-state index in [4.69, 9.17) is 0 Å². The molecule has 0 saturated carbocycles. The minimum atomic E-state index is 0.405. The Kier molecular flexibility index (Phi) is 5.44. The molecule has 7 nitrogen and oxygen atoms in total. The lowest BCUT2D eigenvalue weighted by atomic mass is 10.3. The monoisotopic (exact) mass is 305 g/mol. The fraction of sp³-hybridized carbons (Fsp3) is 0.385. The molecule has 0 aliphatic carbocycles. The molecule has 0 bridgehead atoms. The normalized spacial score (nSPS) is 10.8. The third-order valence-corrected chi connectivity index (χ3v) is 3.51. The summed E-state index contributed by atoms with van der Waals surface area (Å²) in [6, 6.07) is 2.06. The van der Waals surface area contributed by atoms with Crippen LogP contribution in [-0.4, -0.2) is 34.3 Å². The first kappa shape index (κ1) is 15.2. The quantitative estimate of drug-likeness (QED) is 0.538. The van der Waals surface area contributed by atoms with Gasteiger partial charge in [0, 0.05) is 18.0 Å². The van der Waals surface area contributed by atoms with Crippen molar-refractivity contribution in [1.82, 2.24) is 15.0 Å². The highest BCUT2D eigenvalue weighted by Gasteiger charge is 2.04. The van der Waals surface area contributed by atoms with Gasteiger partial charge in [-0.3, -0.25) is 0 Å². The summed E-state index contributed by atoms with van der Waals surface area (Å²) in [5, 5.41) is 12.3. The lowest BCUT2D eigenvalue weighted by Gasteiger charge is -2.07. The van der Waals surface area contributed by atoms with Gasteiger partial charge in [-0.25, -0.2) is 5.43 Å². The van der Waals surface area contributed by atoms with Gasteiger partial charge in [0.1, 0.15) is 0 Å². The Balaban J connectivity index is 2.11. The fourth-order valence-corrected chi connectivity index (χ4v) is 2.35. The molecule has 0 amide bonds. The first-order chi connectivity index (χ1) is 10.2. The number of nitrogens with zero attached hydrogens (tertiary/aromatic N) is 4. The maximum atomic E-state index is 4.25. The summed E-state index contributed by atoms with van der Waals surface area (Å²) in [6.07, 6.45) is 1.77. The molecule has 112 valence electrons. The molecule has 2 rings (SSSR count). The standard InChI is InChI=1S/C13H19N7S/c1-4-14-11-17-12(15-5-2)19-13(18-11)20-16-8-10-9(3)6-7-21-10/h6-8H,4-5H2,1-3H3,(H3,14,15,17,18,19,20)/b16-8+. The van der Waals surface area contributed by atoms with E-state index in [1.54, 1.807) is 17.6 Å². The highest BCUT2D eigenvalue weighted by molar-refractivity contribution is 7.11. The lowest BCUT2D eigenvalue weighted by Crippen LogP contribution is -2.10. The summed E-state index contributed by atoms with van der Waals surface area (Å²) in [7, 11) is 0. The highest BCUT2D eigenvalue weighted by Crippen LogP contribution is 2.13.